The zero-order chi connectivity index (χ0) is 13.7. The summed E-state index contributed by atoms with van der Waals surface area (Å²) in [5, 5.41) is 11.7. The highest BCUT2D eigenvalue weighted by molar-refractivity contribution is 7.18. The molecule has 0 unspecified atom stereocenters. The van der Waals surface area contributed by atoms with Gasteiger partial charge >= 0.3 is 6.09 Å². The second-order valence-corrected chi connectivity index (χ2v) is 5.37. The fraction of sp³-hybridized carbons (Fsp3) is 0.308. The molecule has 0 bridgehead atoms. The Morgan fingerprint density at radius 2 is 2.05 bits per heavy atom. The molecule has 0 spiro atoms. The normalized spacial score (nSPS) is 10.5. The first-order valence-corrected chi connectivity index (χ1v) is 6.79. The number of carbonyl (C=O) groups excluding carboxylic acids is 1. The van der Waals surface area contributed by atoms with Crippen LogP contribution in [0.25, 0.3) is 10.6 Å². The number of amides is 1. The lowest BCUT2D eigenvalue weighted by Crippen LogP contribution is -2.16. The summed E-state index contributed by atoms with van der Waals surface area (Å²) in [6.07, 6.45) is -0.496. The van der Waals surface area contributed by atoms with Crippen LogP contribution < -0.4 is 5.32 Å². The molecule has 0 aliphatic heterocycles. The molecule has 1 amide bonds. The second-order valence-electron chi connectivity index (χ2n) is 4.40. The van der Waals surface area contributed by atoms with Crippen LogP contribution >= 0.6 is 11.3 Å². The highest BCUT2D eigenvalue weighted by atomic mass is 32.1. The van der Waals surface area contributed by atoms with Crippen LogP contribution in [0.4, 0.5) is 9.93 Å². The van der Waals surface area contributed by atoms with Crippen LogP contribution in [0.15, 0.2) is 30.3 Å². The van der Waals surface area contributed by atoms with Gasteiger partial charge in [-0.3, -0.25) is 5.32 Å². The van der Waals surface area contributed by atoms with E-state index in [-0.39, 0.29) is 0 Å². The van der Waals surface area contributed by atoms with Crippen LogP contribution in [0.3, 0.4) is 0 Å². The van der Waals surface area contributed by atoms with Gasteiger partial charge in [0.1, 0.15) is 5.01 Å². The van der Waals surface area contributed by atoms with Gasteiger partial charge in [0.2, 0.25) is 5.13 Å². The molecule has 1 aromatic heterocycles. The summed E-state index contributed by atoms with van der Waals surface area (Å²) >= 11 is 1.31. The molecule has 0 aliphatic rings. The first-order chi connectivity index (χ1) is 9.15. The Labute approximate surface area is 115 Å². The lowest BCUT2D eigenvalue weighted by Gasteiger charge is -2.06. The van der Waals surface area contributed by atoms with E-state index in [0.717, 1.165) is 10.6 Å². The number of nitrogens with zero attached hydrogens (tertiary/aromatic N) is 2. The number of anilines is 1. The minimum absolute atomic E-state index is 0.306. The monoisotopic (exact) mass is 277 g/mol. The number of ether oxygens (including phenoxy) is 1. The van der Waals surface area contributed by atoms with Crippen molar-refractivity contribution in [1.29, 1.82) is 0 Å². The van der Waals surface area contributed by atoms with E-state index in [9.17, 15) is 4.79 Å². The molecule has 1 heterocycles. The number of hydrogen-bond donors (Lipinski definition) is 1. The Kier molecular flexibility index (Phi) is 4.46. The Balaban J connectivity index is 1.96. The molecule has 19 heavy (non-hydrogen) atoms. The molecule has 6 heteroatoms. The molecule has 1 N–H and O–H groups in total. The number of aromatic nitrogens is 2. The zero-order valence-corrected chi connectivity index (χ0v) is 11.6. The summed E-state index contributed by atoms with van der Waals surface area (Å²) in [7, 11) is 0. The van der Waals surface area contributed by atoms with Gasteiger partial charge in [0.05, 0.1) is 6.61 Å². The van der Waals surface area contributed by atoms with Crippen LogP contribution in [0.2, 0.25) is 0 Å². The summed E-state index contributed by atoms with van der Waals surface area (Å²) < 4.78 is 5.01. The lowest BCUT2D eigenvalue weighted by molar-refractivity contribution is 0.147. The molecule has 1 aromatic carbocycles. The predicted octanol–water partition coefficient (Wildman–Crippen LogP) is 3.41. The lowest BCUT2D eigenvalue weighted by atomic mass is 10.2. The van der Waals surface area contributed by atoms with Gasteiger partial charge in [-0.05, 0) is 5.92 Å². The molecule has 0 fully saturated rings. The molecule has 2 rings (SSSR count). The minimum atomic E-state index is -0.496. The average molecular weight is 277 g/mol. The first kappa shape index (κ1) is 13.5. The van der Waals surface area contributed by atoms with Gasteiger partial charge in [-0.15, -0.1) is 10.2 Å². The summed E-state index contributed by atoms with van der Waals surface area (Å²) in [4.78, 5) is 11.5. The van der Waals surface area contributed by atoms with Crippen molar-refractivity contribution in [3.63, 3.8) is 0 Å². The number of benzene rings is 1. The standard InChI is InChI=1S/C13H15N3O2S/c1-9(2)8-18-13(17)14-12-16-15-11(19-12)10-6-4-3-5-7-10/h3-7,9H,8H2,1-2H3,(H,14,16,17). The van der Waals surface area contributed by atoms with Gasteiger partial charge < -0.3 is 4.74 Å². The van der Waals surface area contributed by atoms with Gasteiger partial charge in [-0.25, -0.2) is 4.79 Å². The molecule has 100 valence electrons. The maximum atomic E-state index is 11.5. The van der Waals surface area contributed by atoms with Gasteiger partial charge in [-0.1, -0.05) is 55.5 Å². The van der Waals surface area contributed by atoms with Gasteiger partial charge in [0.15, 0.2) is 0 Å². The molecule has 0 atom stereocenters. The third kappa shape index (κ3) is 4.03. The summed E-state index contributed by atoms with van der Waals surface area (Å²) in [5.41, 5.74) is 0.976. The molecular weight excluding hydrogens is 262 g/mol. The van der Waals surface area contributed by atoms with Gasteiger partial charge in [0, 0.05) is 5.56 Å². The quantitative estimate of drug-likeness (QED) is 0.930. The van der Waals surface area contributed by atoms with E-state index in [4.69, 9.17) is 4.74 Å². The van der Waals surface area contributed by atoms with Crippen LogP contribution in [-0.2, 0) is 4.74 Å². The second kappa shape index (κ2) is 6.29. The predicted molar refractivity (Wildman–Crippen MR) is 75.2 cm³/mol. The van der Waals surface area contributed by atoms with E-state index >= 15 is 0 Å². The SMILES string of the molecule is CC(C)COC(=O)Nc1nnc(-c2ccccc2)s1. The molecule has 0 saturated carbocycles. The summed E-state index contributed by atoms with van der Waals surface area (Å²) in [6, 6.07) is 9.69. The highest BCUT2D eigenvalue weighted by Gasteiger charge is 2.10. The van der Waals surface area contributed by atoms with Crippen molar-refractivity contribution in [2.45, 2.75) is 13.8 Å². The zero-order valence-electron chi connectivity index (χ0n) is 10.8. The molecule has 2 aromatic rings. The summed E-state index contributed by atoms with van der Waals surface area (Å²) in [6.45, 7) is 4.34. The van der Waals surface area contributed by atoms with Crippen molar-refractivity contribution in [3.8, 4) is 10.6 Å². The molecule has 5 nitrogen and oxygen atoms in total. The molecular formula is C13H15N3O2S. The molecule has 0 radical (unpaired) electrons. The van der Waals surface area contributed by atoms with Gasteiger partial charge in [-0.2, -0.15) is 0 Å². The maximum Gasteiger partial charge on any atom is 0.413 e. The van der Waals surface area contributed by atoms with E-state index < -0.39 is 6.09 Å². The Hall–Kier alpha value is -1.95. The van der Waals surface area contributed by atoms with Crippen molar-refractivity contribution in [1.82, 2.24) is 10.2 Å². The highest BCUT2D eigenvalue weighted by Crippen LogP contribution is 2.25. The van der Waals surface area contributed by atoms with Crippen molar-refractivity contribution >= 4 is 22.6 Å². The largest absolute Gasteiger partial charge is 0.449 e. The van der Waals surface area contributed by atoms with E-state index in [0.29, 0.717) is 17.7 Å². The number of rotatable bonds is 4. The van der Waals surface area contributed by atoms with Crippen molar-refractivity contribution < 1.29 is 9.53 Å². The van der Waals surface area contributed by atoms with E-state index in [1.165, 1.54) is 11.3 Å². The van der Waals surface area contributed by atoms with E-state index in [2.05, 4.69) is 15.5 Å². The maximum absolute atomic E-state index is 11.5. The van der Waals surface area contributed by atoms with Crippen molar-refractivity contribution in [3.05, 3.63) is 30.3 Å². The third-order valence-corrected chi connectivity index (χ3v) is 3.09. The van der Waals surface area contributed by atoms with Gasteiger partial charge in [0.25, 0.3) is 0 Å². The smallest absolute Gasteiger partial charge is 0.413 e. The summed E-state index contributed by atoms with van der Waals surface area (Å²) in [5.74, 6) is 0.306. The molecule has 0 saturated heterocycles. The van der Waals surface area contributed by atoms with Crippen LogP contribution in [-0.4, -0.2) is 22.9 Å². The Morgan fingerprint density at radius 3 is 2.74 bits per heavy atom. The van der Waals surface area contributed by atoms with Crippen LogP contribution in [0, 0.1) is 5.92 Å². The van der Waals surface area contributed by atoms with Crippen LogP contribution in [0.1, 0.15) is 13.8 Å². The Bertz CT molecular complexity index is 540. The van der Waals surface area contributed by atoms with Crippen molar-refractivity contribution in [2.24, 2.45) is 5.92 Å². The number of carbonyl (C=O) groups is 1. The fourth-order valence-electron chi connectivity index (χ4n) is 1.34. The molecule has 0 aliphatic carbocycles. The first-order valence-electron chi connectivity index (χ1n) is 5.98. The number of hydrogen-bond acceptors (Lipinski definition) is 5. The van der Waals surface area contributed by atoms with E-state index in [1.807, 2.05) is 44.2 Å². The van der Waals surface area contributed by atoms with E-state index in [1.54, 1.807) is 0 Å². The fourth-order valence-corrected chi connectivity index (χ4v) is 2.07. The Morgan fingerprint density at radius 1 is 1.32 bits per heavy atom. The van der Waals surface area contributed by atoms with Crippen LogP contribution in [0.5, 0.6) is 0 Å². The third-order valence-electron chi connectivity index (χ3n) is 2.20. The topological polar surface area (TPSA) is 64.1 Å². The minimum Gasteiger partial charge on any atom is -0.449 e. The van der Waals surface area contributed by atoms with Crippen molar-refractivity contribution in [2.75, 3.05) is 11.9 Å². The average Bonchev–Trinajstić information content (AvgIpc) is 2.86. The number of nitrogens with one attached hydrogen (secondary N) is 1.